The molecule has 0 amide bonds. The summed E-state index contributed by atoms with van der Waals surface area (Å²) in [4.78, 5) is 0. The van der Waals surface area contributed by atoms with Gasteiger partial charge < -0.3 is 13.9 Å². The highest BCUT2D eigenvalue weighted by Gasteiger charge is 2.43. The van der Waals surface area contributed by atoms with Crippen molar-refractivity contribution in [2.45, 2.75) is 25.6 Å². The van der Waals surface area contributed by atoms with Gasteiger partial charge in [0.25, 0.3) is 0 Å². The van der Waals surface area contributed by atoms with Crippen LogP contribution in [0, 0.1) is 0 Å². The predicted molar refractivity (Wildman–Crippen MR) is 107 cm³/mol. The molecule has 0 N–H and O–H groups in total. The number of benzene rings is 2. The molecule has 0 bridgehead atoms. The van der Waals surface area contributed by atoms with E-state index in [0.29, 0.717) is 11.6 Å². The normalized spacial score (nSPS) is 20.2. The van der Waals surface area contributed by atoms with Gasteiger partial charge in [-0.1, -0.05) is 41.9 Å². The van der Waals surface area contributed by atoms with Gasteiger partial charge in [0.2, 0.25) is 6.23 Å². The SMILES string of the molecule is CCOc1cccc2c1OC(c1ccccc1Cl)N1N=C(c3ccco3)CC21. The second-order valence-electron chi connectivity index (χ2n) is 6.72. The summed E-state index contributed by atoms with van der Waals surface area (Å²) >= 11 is 6.51. The van der Waals surface area contributed by atoms with E-state index in [4.69, 9.17) is 30.6 Å². The maximum atomic E-state index is 6.51. The first-order chi connectivity index (χ1) is 13.8. The Morgan fingerprint density at radius 3 is 2.75 bits per heavy atom. The highest BCUT2D eigenvalue weighted by atomic mass is 35.5. The third kappa shape index (κ3) is 2.74. The average Bonchev–Trinajstić information content (AvgIpc) is 3.38. The summed E-state index contributed by atoms with van der Waals surface area (Å²) < 4.78 is 17.9. The molecule has 5 rings (SSSR count). The van der Waals surface area contributed by atoms with Crippen molar-refractivity contribution in [3.63, 3.8) is 0 Å². The van der Waals surface area contributed by atoms with E-state index >= 15 is 0 Å². The monoisotopic (exact) mass is 394 g/mol. The third-order valence-corrected chi connectivity index (χ3v) is 5.40. The Balaban J connectivity index is 1.64. The number of hydrogen-bond acceptors (Lipinski definition) is 5. The van der Waals surface area contributed by atoms with E-state index in [1.165, 1.54) is 0 Å². The van der Waals surface area contributed by atoms with Crippen LogP contribution in [0.5, 0.6) is 11.5 Å². The maximum Gasteiger partial charge on any atom is 0.215 e. The van der Waals surface area contributed by atoms with Crippen LogP contribution in [0.4, 0.5) is 0 Å². The Morgan fingerprint density at radius 2 is 1.96 bits per heavy atom. The molecule has 0 saturated heterocycles. The van der Waals surface area contributed by atoms with Crippen LogP contribution in [0.15, 0.2) is 70.4 Å². The molecule has 6 heteroatoms. The van der Waals surface area contributed by atoms with Crippen molar-refractivity contribution < 1.29 is 13.9 Å². The van der Waals surface area contributed by atoms with Crippen molar-refractivity contribution in [2.24, 2.45) is 5.10 Å². The highest BCUT2D eigenvalue weighted by Crippen LogP contribution is 2.51. The van der Waals surface area contributed by atoms with Crippen molar-refractivity contribution >= 4 is 17.3 Å². The number of furan rings is 1. The molecule has 2 aliphatic rings. The van der Waals surface area contributed by atoms with Gasteiger partial charge in [-0.05, 0) is 31.2 Å². The summed E-state index contributed by atoms with van der Waals surface area (Å²) in [6, 6.07) is 17.5. The van der Waals surface area contributed by atoms with E-state index in [2.05, 4.69) is 6.07 Å². The lowest BCUT2D eigenvalue weighted by Crippen LogP contribution is -2.34. The minimum absolute atomic E-state index is 0.0190. The summed E-state index contributed by atoms with van der Waals surface area (Å²) in [5.41, 5.74) is 2.82. The summed E-state index contributed by atoms with van der Waals surface area (Å²) in [6.45, 7) is 2.53. The average molecular weight is 395 g/mol. The smallest absolute Gasteiger partial charge is 0.215 e. The molecule has 3 aromatic rings. The number of nitrogens with zero attached hydrogens (tertiary/aromatic N) is 2. The van der Waals surface area contributed by atoms with Gasteiger partial charge in [-0.2, -0.15) is 5.10 Å². The van der Waals surface area contributed by atoms with Crippen LogP contribution in [0.1, 0.15) is 42.5 Å². The molecular formula is C22H19ClN2O3. The zero-order chi connectivity index (χ0) is 19.1. The molecule has 0 spiro atoms. The molecule has 3 heterocycles. The van der Waals surface area contributed by atoms with Gasteiger partial charge in [0.15, 0.2) is 11.5 Å². The summed E-state index contributed by atoms with van der Waals surface area (Å²) in [7, 11) is 0. The molecule has 0 fully saturated rings. The minimum Gasteiger partial charge on any atom is -0.490 e. The van der Waals surface area contributed by atoms with Gasteiger partial charge in [0, 0.05) is 22.6 Å². The van der Waals surface area contributed by atoms with Crippen LogP contribution in [-0.2, 0) is 0 Å². The van der Waals surface area contributed by atoms with Gasteiger partial charge in [-0.15, -0.1) is 0 Å². The van der Waals surface area contributed by atoms with Crippen LogP contribution in [0.2, 0.25) is 5.02 Å². The quantitative estimate of drug-likeness (QED) is 0.580. The van der Waals surface area contributed by atoms with E-state index in [-0.39, 0.29) is 6.04 Å². The molecule has 5 nitrogen and oxygen atoms in total. The molecule has 142 valence electrons. The minimum atomic E-state index is -0.444. The van der Waals surface area contributed by atoms with Gasteiger partial charge in [-0.3, -0.25) is 0 Å². The molecular weight excluding hydrogens is 376 g/mol. The predicted octanol–water partition coefficient (Wildman–Crippen LogP) is 5.57. The van der Waals surface area contributed by atoms with Gasteiger partial charge in [-0.25, -0.2) is 5.01 Å². The fraction of sp³-hybridized carbons (Fsp3) is 0.227. The Kier molecular flexibility index (Phi) is 4.24. The first-order valence-corrected chi connectivity index (χ1v) is 9.70. The highest BCUT2D eigenvalue weighted by molar-refractivity contribution is 6.31. The zero-order valence-corrected chi connectivity index (χ0v) is 16.1. The standard InChI is InChI=1S/C22H19ClN2O3/c1-2-26-20-10-5-8-15-18-13-17(19-11-6-12-27-19)24-25(18)22(28-21(15)20)14-7-3-4-9-16(14)23/h3-12,18,22H,2,13H2,1H3. The zero-order valence-electron chi connectivity index (χ0n) is 15.3. The topological polar surface area (TPSA) is 47.2 Å². The Labute approximate surface area is 168 Å². The number of para-hydroxylation sites is 1. The summed E-state index contributed by atoms with van der Waals surface area (Å²) in [5.74, 6) is 2.27. The third-order valence-electron chi connectivity index (χ3n) is 5.06. The van der Waals surface area contributed by atoms with E-state index < -0.39 is 6.23 Å². The molecule has 2 aromatic carbocycles. The van der Waals surface area contributed by atoms with E-state index in [9.17, 15) is 0 Å². The molecule has 2 atom stereocenters. The summed E-state index contributed by atoms with van der Waals surface area (Å²) in [6.07, 6.45) is 1.94. The largest absolute Gasteiger partial charge is 0.490 e. The number of ether oxygens (including phenoxy) is 2. The lowest BCUT2D eigenvalue weighted by atomic mass is 9.97. The van der Waals surface area contributed by atoms with E-state index in [1.54, 1.807) is 6.26 Å². The maximum absolute atomic E-state index is 6.51. The molecule has 0 radical (unpaired) electrons. The molecule has 0 saturated carbocycles. The first-order valence-electron chi connectivity index (χ1n) is 9.32. The Hall–Kier alpha value is -2.92. The van der Waals surface area contributed by atoms with Crippen molar-refractivity contribution in [1.82, 2.24) is 5.01 Å². The van der Waals surface area contributed by atoms with Crippen molar-refractivity contribution in [3.8, 4) is 11.5 Å². The van der Waals surface area contributed by atoms with Crippen molar-refractivity contribution in [3.05, 3.63) is 82.8 Å². The lowest BCUT2D eigenvalue weighted by molar-refractivity contribution is -0.0211. The van der Waals surface area contributed by atoms with Crippen LogP contribution < -0.4 is 9.47 Å². The van der Waals surface area contributed by atoms with Crippen LogP contribution >= 0.6 is 11.6 Å². The lowest BCUT2D eigenvalue weighted by Gasteiger charge is -2.39. The molecule has 28 heavy (non-hydrogen) atoms. The Morgan fingerprint density at radius 1 is 1.11 bits per heavy atom. The summed E-state index contributed by atoms with van der Waals surface area (Å²) in [5, 5.41) is 7.48. The number of hydrogen-bond donors (Lipinski definition) is 0. The molecule has 1 aromatic heterocycles. The van der Waals surface area contributed by atoms with Gasteiger partial charge in [0.05, 0.1) is 18.9 Å². The number of fused-ring (bicyclic) bond motifs is 3. The van der Waals surface area contributed by atoms with Crippen LogP contribution in [0.3, 0.4) is 0 Å². The van der Waals surface area contributed by atoms with E-state index in [1.807, 2.05) is 60.5 Å². The Bertz CT molecular complexity index is 1030. The number of halogens is 1. The second-order valence-corrected chi connectivity index (χ2v) is 7.13. The number of rotatable bonds is 4. The fourth-order valence-corrected chi connectivity index (χ4v) is 4.05. The second kappa shape index (κ2) is 6.91. The van der Waals surface area contributed by atoms with E-state index in [0.717, 1.165) is 40.5 Å². The first kappa shape index (κ1) is 17.2. The van der Waals surface area contributed by atoms with Crippen molar-refractivity contribution in [1.29, 1.82) is 0 Å². The van der Waals surface area contributed by atoms with Crippen molar-refractivity contribution in [2.75, 3.05) is 6.61 Å². The number of hydrazone groups is 1. The molecule has 2 unspecified atom stereocenters. The van der Waals surface area contributed by atoms with Crippen LogP contribution in [0.25, 0.3) is 0 Å². The van der Waals surface area contributed by atoms with Gasteiger partial charge >= 0.3 is 0 Å². The molecule has 0 aliphatic carbocycles. The van der Waals surface area contributed by atoms with Gasteiger partial charge in [0.1, 0.15) is 11.5 Å². The molecule has 2 aliphatic heterocycles. The van der Waals surface area contributed by atoms with Crippen LogP contribution in [-0.4, -0.2) is 17.3 Å². The fourth-order valence-electron chi connectivity index (χ4n) is 3.83.